The van der Waals surface area contributed by atoms with E-state index in [9.17, 15) is 0 Å². The second kappa shape index (κ2) is 8.70. The van der Waals surface area contributed by atoms with Gasteiger partial charge in [-0.25, -0.2) is 0 Å². The number of para-hydroxylation sites is 2. The zero-order valence-corrected chi connectivity index (χ0v) is 24.2. The molecule has 9 aromatic rings. The molecule has 3 aromatic heterocycles. The zero-order valence-electron chi connectivity index (χ0n) is 23.4. The van der Waals surface area contributed by atoms with Gasteiger partial charge in [-0.05, 0) is 72.2 Å². The molecule has 0 fully saturated rings. The lowest BCUT2D eigenvalue weighted by molar-refractivity contribution is 0.980. The lowest BCUT2D eigenvalue weighted by Crippen LogP contribution is -1.99. The molecular formula is C40H26N2S. The van der Waals surface area contributed by atoms with Crippen molar-refractivity contribution in [1.29, 1.82) is 0 Å². The Labute approximate surface area is 252 Å². The van der Waals surface area contributed by atoms with Gasteiger partial charge in [-0.2, -0.15) is 0 Å². The van der Waals surface area contributed by atoms with Crippen LogP contribution >= 0.6 is 11.3 Å². The first-order valence-electron chi connectivity index (χ1n) is 15.0. The standard InChI is InChI=1S/C40H26N2S/c1-2-11-26(12-3-1)42-33-16-8-6-14-29(33)30-20-21-35-39(40(30)42)31-15-7-9-17-34(31)41(35)27-19-23-36-32(24-27)38-28-13-5-4-10-25(28)18-22-37(38)43-36/h1-2,4-11,13-24H,3,12H2. The van der Waals surface area contributed by atoms with Gasteiger partial charge in [0.25, 0.3) is 0 Å². The maximum Gasteiger partial charge on any atom is 0.0638 e. The van der Waals surface area contributed by atoms with Crippen LogP contribution in [-0.4, -0.2) is 9.13 Å². The molecule has 0 saturated heterocycles. The van der Waals surface area contributed by atoms with Gasteiger partial charge in [-0.3, -0.25) is 0 Å². The van der Waals surface area contributed by atoms with E-state index in [0.29, 0.717) is 0 Å². The Morgan fingerprint density at radius 2 is 1.30 bits per heavy atom. The van der Waals surface area contributed by atoms with Crippen molar-refractivity contribution in [2.45, 2.75) is 12.8 Å². The highest BCUT2D eigenvalue weighted by Crippen LogP contribution is 2.44. The molecule has 1 aliphatic carbocycles. The fourth-order valence-electron chi connectivity index (χ4n) is 7.54. The highest BCUT2D eigenvalue weighted by atomic mass is 32.1. The summed E-state index contributed by atoms with van der Waals surface area (Å²) >= 11 is 1.89. The van der Waals surface area contributed by atoms with Crippen LogP contribution < -0.4 is 0 Å². The van der Waals surface area contributed by atoms with Gasteiger partial charge in [0.05, 0.1) is 22.1 Å². The molecule has 0 N–H and O–H groups in total. The molecule has 3 heterocycles. The number of benzene rings is 6. The van der Waals surface area contributed by atoms with E-state index in [1.165, 1.54) is 85.9 Å². The molecule has 1 aliphatic rings. The highest BCUT2D eigenvalue weighted by Gasteiger charge is 2.22. The molecule has 0 atom stereocenters. The van der Waals surface area contributed by atoms with E-state index in [-0.39, 0.29) is 0 Å². The molecule has 0 saturated carbocycles. The number of hydrogen-bond acceptors (Lipinski definition) is 1. The Balaban J connectivity index is 1.35. The van der Waals surface area contributed by atoms with Crippen LogP contribution in [0.5, 0.6) is 0 Å². The molecule has 0 spiro atoms. The summed E-state index contributed by atoms with van der Waals surface area (Å²) in [6.45, 7) is 0. The van der Waals surface area contributed by atoms with Gasteiger partial charge < -0.3 is 9.13 Å². The number of aromatic nitrogens is 2. The van der Waals surface area contributed by atoms with Crippen molar-refractivity contribution in [2.75, 3.05) is 0 Å². The van der Waals surface area contributed by atoms with Crippen molar-refractivity contribution < 1.29 is 0 Å². The summed E-state index contributed by atoms with van der Waals surface area (Å²) in [6.07, 6.45) is 8.89. The summed E-state index contributed by atoms with van der Waals surface area (Å²) in [6, 6.07) is 42.9. The van der Waals surface area contributed by atoms with E-state index in [0.717, 1.165) is 12.8 Å². The summed E-state index contributed by atoms with van der Waals surface area (Å²) < 4.78 is 7.69. The molecule has 0 unspecified atom stereocenters. The van der Waals surface area contributed by atoms with Crippen LogP contribution in [0.25, 0.3) is 85.9 Å². The molecule has 0 bridgehead atoms. The van der Waals surface area contributed by atoms with E-state index >= 15 is 0 Å². The smallest absolute Gasteiger partial charge is 0.0638 e. The third kappa shape index (κ3) is 3.17. The van der Waals surface area contributed by atoms with E-state index < -0.39 is 0 Å². The van der Waals surface area contributed by atoms with Crippen LogP contribution in [-0.2, 0) is 0 Å². The molecular weight excluding hydrogens is 541 g/mol. The molecule has 0 radical (unpaired) electrons. The van der Waals surface area contributed by atoms with Gasteiger partial charge in [0.2, 0.25) is 0 Å². The number of allylic oxidation sites excluding steroid dienone is 4. The maximum absolute atomic E-state index is 2.54. The number of hydrogen-bond donors (Lipinski definition) is 0. The van der Waals surface area contributed by atoms with Crippen LogP contribution in [0, 0.1) is 0 Å². The second-order valence-electron chi connectivity index (χ2n) is 11.6. The van der Waals surface area contributed by atoms with Crippen molar-refractivity contribution in [3.63, 3.8) is 0 Å². The first-order valence-corrected chi connectivity index (χ1v) is 15.8. The van der Waals surface area contributed by atoms with Crippen LogP contribution in [0.1, 0.15) is 12.8 Å². The Kier molecular flexibility index (Phi) is 4.74. The Morgan fingerprint density at radius 1 is 0.535 bits per heavy atom. The summed E-state index contributed by atoms with van der Waals surface area (Å²) in [4.78, 5) is 0. The molecule has 0 aliphatic heterocycles. The molecule has 3 heteroatoms. The lowest BCUT2D eigenvalue weighted by atomic mass is 10.0. The third-order valence-corrected chi connectivity index (χ3v) is 10.5. The Morgan fingerprint density at radius 3 is 2.16 bits per heavy atom. The number of thiophene rings is 1. The Hall–Kier alpha value is -5.12. The first-order chi connectivity index (χ1) is 21.3. The third-order valence-electron chi connectivity index (χ3n) is 9.35. The van der Waals surface area contributed by atoms with Gasteiger partial charge in [-0.15, -0.1) is 11.3 Å². The average molecular weight is 567 g/mol. The first kappa shape index (κ1) is 23.4. The van der Waals surface area contributed by atoms with Gasteiger partial charge in [0.1, 0.15) is 0 Å². The van der Waals surface area contributed by atoms with E-state index in [1.54, 1.807) is 0 Å². The summed E-state index contributed by atoms with van der Waals surface area (Å²) in [5.41, 5.74) is 7.63. The monoisotopic (exact) mass is 566 g/mol. The predicted octanol–water partition coefficient (Wildman–Crippen LogP) is 11.6. The van der Waals surface area contributed by atoms with E-state index in [4.69, 9.17) is 0 Å². The molecule has 2 nitrogen and oxygen atoms in total. The van der Waals surface area contributed by atoms with Crippen LogP contribution in [0.4, 0.5) is 0 Å². The molecule has 43 heavy (non-hydrogen) atoms. The average Bonchev–Trinajstić information content (AvgIpc) is 3.72. The normalized spacial score (nSPS) is 13.9. The fourth-order valence-corrected chi connectivity index (χ4v) is 8.64. The van der Waals surface area contributed by atoms with E-state index in [2.05, 4.69) is 143 Å². The van der Waals surface area contributed by atoms with Crippen molar-refractivity contribution >= 4 is 91.6 Å². The summed E-state index contributed by atoms with van der Waals surface area (Å²) in [7, 11) is 0. The quantitative estimate of drug-likeness (QED) is 0.197. The fraction of sp³-hybridized carbons (Fsp3) is 0.0500. The molecule has 6 aromatic carbocycles. The summed E-state index contributed by atoms with van der Waals surface area (Å²) in [5, 5.41) is 10.5. The number of fused-ring (bicyclic) bond motifs is 12. The van der Waals surface area contributed by atoms with E-state index in [1.807, 2.05) is 11.3 Å². The Bertz CT molecular complexity index is 2670. The minimum atomic E-state index is 1.04. The summed E-state index contributed by atoms with van der Waals surface area (Å²) in [5.74, 6) is 0. The molecule has 10 rings (SSSR count). The molecule has 0 amide bonds. The van der Waals surface area contributed by atoms with Crippen LogP contribution in [0.3, 0.4) is 0 Å². The number of nitrogens with zero attached hydrogens (tertiary/aromatic N) is 2. The molecule has 202 valence electrons. The topological polar surface area (TPSA) is 9.86 Å². The predicted molar refractivity (Wildman–Crippen MR) is 187 cm³/mol. The highest BCUT2D eigenvalue weighted by molar-refractivity contribution is 7.26. The maximum atomic E-state index is 2.54. The van der Waals surface area contributed by atoms with Crippen LogP contribution in [0.15, 0.2) is 133 Å². The number of rotatable bonds is 2. The van der Waals surface area contributed by atoms with Gasteiger partial charge in [0.15, 0.2) is 0 Å². The van der Waals surface area contributed by atoms with Crippen molar-refractivity contribution in [1.82, 2.24) is 9.13 Å². The van der Waals surface area contributed by atoms with Crippen molar-refractivity contribution in [3.05, 3.63) is 133 Å². The minimum Gasteiger partial charge on any atom is -0.312 e. The zero-order chi connectivity index (χ0) is 28.1. The van der Waals surface area contributed by atoms with Gasteiger partial charge >= 0.3 is 0 Å². The largest absolute Gasteiger partial charge is 0.312 e. The van der Waals surface area contributed by atoms with Crippen molar-refractivity contribution in [3.8, 4) is 5.69 Å². The SMILES string of the molecule is C1=CCCC(n2c3ccccc3c3ccc4c(c5ccccc5n4-c4ccc5sc6ccc7ccccc7c6c5c4)c32)=C1. The van der Waals surface area contributed by atoms with Gasteiger partial charge in [0, 0.05) is 53.1 Å². The van der Waals surface area contributed by atoms with Crippen LogP contribution in [0.2, 0.25) is 0 Å². The second-order valence-corrected chi connectivity index (χ2v) is 12.7. The van der Waals surface area contributed by atoms with Crippen molar-refractivity contribution in [2.24, 2.45) is 0 Å². The van der Waals surface area contributed by atoms with Gasteiger partial charge in [-0.1, -0.05) is 84.9 Å². The minimum absolute atomic E-state index is 1.04. The lowest BCUT2D eigenvalue weighted by Gasteiger charge is -2.14.